The van der Waals surface area contributed by atoms with Gasteiger partial charge in [0.1, 0.15) is 0 Å². The second-order valence-corrected chi connectivity index (χ2v) is 14.2. The largest absolute Gasteiger partial charge is 0.393 e. The molecule has 0 aliphatic heterocycles. The first-order valence-corrected chi connectivity index (χ1v) is 15.1. The Morgan fingerprint density at radius 1 is 1.06 bits per heavy atom. The third kappa shape index (κ3) is 5.05. The van der Waals surface area contributed by atoms with Crippen molar-refractivity contribution in [3.05, 3.63) is 0 Å². The molecule has 0 spiro atoms. The molecule has 4 rings (SSSR count). The Hall–Kier alpha value is -0.740. The van der Waals surface area contributed by atoms with Gasteiger partial charge in [-0.1, -0.05) is 20.8 Å². The molecule has 202 valence electrons. The van der Waals surface area contributed by atoms with Crippen LogP contribution in [0.1, 0.15) is 78.6 Å². The Morgan fingerprint density at radius 2 is 1.77 bits per heavy atom. The van der Waals surface area contributed by atoms with Gasteiger partial charge in [0.15, 0.2) is 0 Å². The smallest absolute Gasteiger partial charge is 0.266 e. The normalized spacial score (nSPS) is 46.3. The lowest BCUT2D eigenvalue weighted by atomic mass is 9.43. The van der Waals surface area contributed by atoms with Crippen molar-refractivity contribution in [2.24, 2.45) is 46.3 Å². The Balaban J connectivity index is 1.43. The summed E-state index contributed by atoms with van der Waals surface area (Å²) in [6.45, 7) is 6.56. The SMILES string of the molecule is CC(CCC(=O)NCCS(=O)(=O)O)[C@H]1CC[C@H]2[C@@H]3[C@H](O)C[C@@H]4C[C@H](O)CC[C@]4(C)[C@H]3C[C@H](O)[C@]12C. The molecule has 0 heterocycles. The zero-order valence-electron chi connectivity index (χ0n) is 21.4. The van der Waals surface area contributed by atoms with E-state index in [9.17, 15) is 28.5 Å². The van der Waals surface area contributed by atoms with Crippen molar-refractivity contribution in [3.8, 4) is 0 Å². The highest BCUT2D eigenvalue weighted by molar-refractivity contribution is 7.85. The molecular weight excluding hydrogens is 470 g/mol. The summed E-state index contributed by atoms with van der Waals surface area (Å²) in [6, 6.07) is 0. The second-order valence-electron chi connectivity index (χ2n) is 12.7. The van der Waals surface area contributed by atoms with Crippen molar-refractivity contribution in [3.63, 3.8) is 0 Å². The molecule has 0 radical (unpaired) electrons. The summed E-state index contributed by atoms with van der Waals surface area (Å²) in [5.41, 5.74) is -0.254. The number of hydrogen-bond donors (Lipinski definition) is 5. The maximum atomic E-state index is 12.2. The minimum absolute atomic E-state index is 0.0509. The van der Waals surface area contributed by atoms with Crippen molar-refractivity contribution >= 4 is 16.0 Å². The average molecular weight is 516 g/mol. The van der Waals surface area contributed by atoms with Crippen LogP contribution in [0.5, 0.6) is 0 Å². The molecule has 0 aromatic carbocycles. The van der Waals surface area contributed by atoms with Gasteiger partial charge < -0.3 is 20.6 Å². The third-order valence-corrected chi connectivity index (χ3v) is 11.7. The molecule has 0 bridgehead atoms. The zero-order valence-corrected chi connectivity index (χ0v) is 22.2. The minimum Gasteiger partial charge on any atom is -0.393 e. The summed E-state index contributed by atoms with van der Waals surface area (Å²) in [5, 5.41) is 35.8. The average Bonchev–Trinajstić information content (AvgIpc) is 3.12. The molecule has 1 unspecified atom stereocenters. The number of rotatable bonds is 7. The second kappa shape index (κ2) is 9.86. The van der Waals surface area contributed by atoms with Crippen LogP contribution in [0.15, 0.2) is 0 Å². The van der Waals surface area contributed by atoms with Crippen LogP contribution >= 0.6 is 0 Å². The van der Waals surface area contributed by atoms with E-state index in [1.807, 2.05) is 0 Å². The van der Waals surface area contributed by atoms with E-state index in [0.29, 0.717) is 18.8 Å². The van der Waals surface area contributed by atoms with Crippen molar-refractivity contribution < 1.29 is 33.1 Å². The molecule has 9 heteroatoms. The topological polar surface area (TPSA) is 144 Å². The van der Waals surface area contributed by atoms with Gasteiger partial charge in [-0.3, -0.25) is 9.35 Å². The minimum atomic E-state index is -4.10. The molecule has 4 aliphatic carbocycles. The predicted octanol–water partition coefficient (Wildman–Crippen LogP) is 2.37. The van der Waals surface area contributed by atoms with Crippen LogP contribution < -0.4 is 5.32 Å². The number of fused-ring (bicyclic) bond motifs is 5. The fourth-order valence-corrected chi connectivity index (χ4v) is 9.46. The molecule has 11 atom stereocenters. The van der Waals surface area contributed by atoms with E-state index < -0.39 is 28.1 Å². The van der Waals surface area contributed by atoms with Crippen molar-refractivity contribution in [1.82, 2.24) is 5.32 Å². The van der Waals surface area contributed by atoms with E-state index >= 15 is 0 Å². The number of aliphatic hydroxyl groups is 3. The highest BCUT2D eigenvalue weighted by atomic mass is 32.2. The van der Waals surface area contributed by atoms with E-state index in [2.05, 4.69) is 26.1 Å². The van der Waals surface area contributed by atoms with Crippen LogP contribution in [-0.4, -0.2) is 64.8 Å². The lowest BCUT2D eigenvalue weighted by Gasteiger charge is -2.63. The van der Waals surface area contributed by atoms with E-state index in [0.717, 1.165) is 38.5 Å². The maximum absolute atomic E-state index is 12.2. The van der Waals surface area contributed by atoms with E-state index in [1.54, 1.807) is 0 Å². The first-order valence-electron chi connectivity index (χ1n) is 13.5. The van der Waals surface area contributed by atoms with E-state index in [-0.39, 0.29) is 65.4 Å². The van der Waals surface area contributed by atoms with Gasteiger partial charge in [-0.25, -0.2) is 0 Å². The highest BCUT2D eigenvalue weighted by Crippen LogP contribution is 2.68. The van der Waals surface area contributed by atoms with Gasteiger partial charge >= 0.3 is 0 Å². The lowest BCUT2D eigenvalue weighted by Crippen LogP contribution is -2.62. The lowest BCUT2D eigenvalue weighted by molar-refractivity contribution is -0.207. The number of carbonyl (C=O) groups excluding carboxylic acids is 1. The molecule has 5 N–H and O–H groups in total. The number of amides is 1. The first kappa shape index (κ1) is 27.3. The molecule has 4 fully saturated rings. The van der Waals surface area contributed by atoms with Gasteiger partial charge in [0.05, 0.1) is 24.1 Å². The van der Waals surface area contributed by atoms with Crippen LogP contribution in [0.4, 0.5) is 0 Å². The molecule has 4 aliphatic rings. The Morgan fingerprint density at radius 3 is 2.46 bits per heavy atom. The molecule has 8 nitrogen and oxygen atoms in total. The summed E-state index contributed by atoms with van der Waals surface area (Å²) in [5.74, 6) is 0.705. The molecule has 1 amide bonds. The number of nitrogens with one attached hydrogen (secondary N) is 1. The first-order chi connectivity index (χ1) is 16.3. The van der Waals surface area contributed by atoms with Gasteiger partial charge in [-0.15, -0.1) is 0 Å². The van der Waals surface area contributed by atoms with Gasteiger partial charge in [0.2, 0.25) is 5.91 Å². The van der Waals surface area contributed by atoms with Crippen molar-refractivity contribution in [2.45, 2.75) is 96.9 Å². The van der Waals surface area contributed by atoms with Crippen LogP contribution in [-0.2, 0) is 14.9 Å². The molecule has 0 saturated heterocycles. The Kier molecular flexibility index (Phi) is 7.69. The third-order valence-electron chi connectivity index (χ3n) is 11.0. The monoisotopic (exact) mass is 515 g/mol. The molecule has 4 saturated carbocycles. The number of aliphatic hydroxyl groups excluding tert-OH is 3. The summed E-state index contributed by atoms with van der Waals surface area (Å²) in [4.78, 5) is 12.2. The van der Waals surface area contributed by atoms with Gasteiger partial charge in [-0.2, -0.15) is 8.42 Å². The fourth-order valence-electron chi connectivity index (χ4n) is 9.10. The quantitative estimate of drug-likeness (QED) is 0.327. The maximum Gasteiger partial charge on any atom is 0.266 e. The molecule has 0 aromatic heterocycles. The van der Waals surface area contributed by atoms with Crippen LogP contribution in [0.25, 0.3) is 0 Å². The molecular formula is C26H45NO7S. The number of carbonyl (C=O) groups is 1. The van der Waals surface area contributed by atoms with E-state index in [4.69, 9.17) is 4.55 Å². The standard InChI is InChI=1S/C26H45NO7S/c1-15(4-7-23(31)27-10-11-35(32,33)34)18-5-6-19-24-20(14-22(30)26(18,19)3)25(2)9-8-17(28)12-16(25)13-21(24)29/h15-22,24,28-30H,4-14H2,1-3H3,(H,27,31)(H,32,33,34)/t15?,16-,17+,18+,19-,20-,21+,22-,24-,25-,26+/m0/s1. The summed E-state index contributed by atoms with van der Waals surface area (Å²) in [6.07, 6.45) is 5.67. The summed E-state index contributed by atoms with van der Waals surface area (Å²) < 4.78 is 30.5. The Labute approximate surface area is 210 Å². The van der Waals surface area contributed by atoms with E-state index in [1.165, 1.54) is 0 Å². The molecule has 0 aromatic rings. The summed E-state index contributed by atoms with van der Waals surface area (Å²) in [7, 11) is -4.10. The fraction of sp³-hybridized carbons (Fsp3) is 0.962. The predicted molar refractivity (Wildman–Crippen MR) is 132 cm³/mol. The molecule has 35 heavy (non-hydrogen) atoms. The number of hydrogen-bond acceptors (Lipinski definition) is 6. The van der Waals surface area contributed by atoms with Crippen LogP contribution in [0.2, 0.25) is 0 Å². The van der Waals surface area contributed by atoms with Crippen LogP contribution in [0, 0.1) is 46.3 Å². The van der Waals surface area contributed by atoms with Crippen molar-refractivity contribution in [2.75, 3.05) is 12.3 Å². The van der Waals surface area contributed by atoms with Gasteiger partial charge in [0.25, 0.3) is 10.1 Å². The zero-order chi connectivity index (χ0) is 25.8. The highest BCUT2D eigenvalue weighted by Gasteiger charge is 2.65. The summed E-state index contributed by atoms with van der Waals surface area (Å²) >= 11 is 0. The van der Waals surface area contributed by atoms with Crippen molar-refractivity contribution in [1.29, 1.82) is 0 Å². The van der Waals surface area contributed by atoms with Gasteiger partial charge in [0, 0.05) is 13.0 Å². The Bertz CT molecular complexity index is 896. The van der Waals surface area contributed by atoms with Gasteiger partial charge in [-0.05, 0) is 97.7 Å². The van der Waals surface area contributed by atoms with Crippen LogP contribution in [0.3, 0.4) is 0 Å².